The Labute approximate surface area is 146 Å². The van der Waals surface area contributed by atoms with Crippen molar-refractivity contribution in [1.29, 1.82) is 0 Å². The van der Waals surface area contributed by atoms with E-state index in [1.54, 1.807) is 11.0 Å². The first-order chi connectivity index (χ1) is 11.5. The van der Waals surface area contributed by atoms with Crippen LogP contribution in [0.5, 0.6) is 0 Å². The molecular formula is C17H25N3O3S. The number of amides is 2. The Kier molecular flexibility index (Phi) is 6.93. The Morgan fingerprint density at radius 2 is 1.88 bits per heavy atom. The molecule has 0 bridgehead atoms. The Balaban J connectivity index is 1.69. The zero-order valence-electron chi connectivity index (χ0n) is 14.3. The fourth-order valence-electron chi connectivity index (χ4n) is 2.67. The van der Waals surface area contributed by atoms with Gasteiger partial charge < -0.3 is 10.2 Å². The number of hydrogen-bond acceptors (Lipinski definition) is 5. The standard InChI is InChI=1S/C17H25N3O3S/c1-13(2)18-16(22)12-19-7-9-20(10-8-19)17(23)6-5-14(21)15-4-3-11-24-15/h3-4,11,13H,5-10,12H2,1-2H3,(H,18,22). The van der Waals surface area contributed by atoms with Crippen molar-refractivity contribution in [3.8, 4) is 0 Å². The number of thiophene rings is 1. The van der Waals surface area contributed by atoms with E-state index in [9.17, 15) is 14.4 Å². The van der Waals surface area contributed by atoms with Crippen LogP contribution < -0.4 is 5.32 Å². The minimum Gasteiger partial charge on any atom is -0.353 e. The normalized spacial score (nSPS) is 15.5. The van der Waals surface area contributed by atoms with Crippen LogP contribution in [0.3, 0.4) is 0 Å². The van der Waals surface area contributed by atoms with Gasteiger partial charge in [0.25, 0.3) is 0 Å². The lowest BCUT2D eigenvalue weighted by molar-refractivity contribution is -0.133. The van der Waals surface area contributed by atoms with Crippen molar-refractivity contribution < 1.29 is 14.4 Å². The highest BCUT2D eigenvalue weighted by atomic mass is 32.1. The third-order valence-electron chi connectivity index (χ3n) is 3.90. The molecule has 1 aromatic heterocycles. The topological polar surface area (TPSA) is 69.7 Å². The van der Waals surface area contributed by atoms with E-state index in [1.165, 1.54) is 11.3 Å². The zero-order chi connectivity index (χ0) is 17.5. The van der Waals surface area contributed by atoms with Crippen LogP contribution in [0.25, 0.3) is 0 Å². The molecule has 0 aliphatic carbocycles. The van der Waals surface area contributed by atoms with Gasteiger partial charge in [-0.15, -0.1) is 11.3 Å². The van der Waals surface area contributed by atoms with Gasteiger partial charge in [-0.2, -0.15) is 0 Å². The molecule has 1 N–H and O–H groups in total. The van der Waals surface area contributed by atoms with Crippen LogP contribution in [-0.4, -0.2) is 66.2 Å². The number of Topliss-reactive ketones (excluding diaryl/α,β-unsaturated/α-hetero) is 1. The van der Waals surface area contributed by atoms with Gasteiger partial charge in [0.05, 0.1) is 11.4 Å². The average molecular weight is 351 g/mol. The van der Waals surface area contributed by atoms with Crippen molar-refractivity contribution in [2.45, 2.75) is 32.7 Å². The number of carbonyl (C=O) groups is 3. The van der Waals surface area contributed by atoms with Crippen molar-refractivity contribution in [3.05, 3.63) is 22.4 Å². The van der Waals surface area contributed by atoms with E-state index in [1.807, 2.05) is 25.3 Å². The lowest BCUT2D eigenvalue weighted by Crippen LogP contribution is -2.51. The molecule has 2 rings (SSSR count). The molecule has 1 fully saturated rings. The maximum Gasteiger partial charge on any atom is 0.234 e. The van der Waals surface area contributed by atoms with Gasteiger partial charge in [0.1, 0.15) is 0 Å². The van der Waals surface area contributed by atoms with Crippen molar-refractivity contribution in [1.82, 2.24) is 15.1 Å². The number of carbonyl (C=O) groups excluding carboxylic acids is 3. The van der Waals surface area contributed by atoms with Crippen molar-refractivity contribution in [3.63, 3.8) is 0 Å². The summed E-state index contributed by atoms with van der Waals surface area (Å²) in [5.41, 5.74) is 0. The van der Waals surface area contributed by atoms with Crippen molar-refractivity contribution in [2.75, 3.05) is 32.7 Å². The van der Waals surface area contributed by atoms with E-state index in [0.717, 1.165) is 0 Å². The number of ketones is 1. The molecule has 132 valence electrons. The van der Waals surface area contributed by atoms with E-state index in [2.05, 4.69) is 10.2 Å². The van der Waals surface area contributed by atoms with E-state index in [4.69, 9.17) is 0 Å². The summed E-state index contributed by atoms with van der Waals surface area (Å²) in [5, 5.41) is 4.74. The van der Waals surface area contributed by atoms with E-state index in [-0.39, 0.29) is 36.5 Å². The first-order valence-corrected chi connectivity index (χ1v) is 9.20. The average Bonchev–Trinajstić information content (AvgIpc) is 3.06. The smallest absolute Gasteiger partial charge is 0.234 e. The van der Waals surface area contributed by atoms with Gasteiger partial charge in [-0.05, 0) is 25.3 Å². The van der Waals surface area contributed by atoms with Gasteiger partial charge >= 0.3 is 0 Å². The molecular weight excluding hydrogens is 326 g/mol. The number of hydrogen-bond donors (Lipinski definition) is 1. The Morgan fingerprint density at radius 1 is 1.17 bits per heavy atom. The number of nitrogens with zero attached hydrogens (tertiary/aromatic N) is 2. The highest BCUT2D eigenvalue weighted by molar-refractivity contribution is 7.12. The van der Waals surface area contributed by atoms with Crippen LogP contribution in [0.2, 0.25) is 0 Å². The maximum absolute atomic E-state index is 12.2. The van der Waals surface area contributed by atoms with Gasteiger partial charge in [0.15, 0.2) is 5.78 Å². The summed E-state index contributed by atoms with van der Waals surface area (Å²) in [6, 6.07) is 3.77. The van der Waals surface area contributed by atoms with Crippen LogP contribution in [0.15, 0.2) is 17.5 Å². The quantitative estimate of drug-likeness (QED) is 0.754. The maximum atomic E-state index is 12.2. The number of rotatable bonds is 7. The highest BCUT2D eigenvalue weighted by Gasteiger charge is 2.23. The number of nitrogens with one attached hydrogen (secondary N) is 1. The molecule has 0 atom stereocenters. The highest BCUT2D eigenvalue weighted by Crippen LogP contribution is 2.13. The molecule has 24 heavy (non-hydrogen) atoms. The van der Waals surface area contributed by atoms with Crippen LogP contribution >= 0.6 is 11.3 Å². The first kappa shape index (κ1) is 18.6. The summed E-state index contributed by atoms with van der Waals surface area (Å²) in [7, 11) is 0. The number of piperazine rings is 1. The predicted molar refractivity (Wildman–Crippen MR) is 94.2 cm³/mol. The molecule has 1 aliphatic rings. The summed E-state index contributed by atoms with van der Waals surface area (Å²) in [4.78, 5) is 40.5. The molecule has 0 unspecified atom stereocenters. The molecule has 6 nitrogen and oxygen atoms in total. The summed E-state index contributed by atoms with van der Waals surface area (Å²) < 4.78 is 0. The molecule has 1 aliphatic heterocycles. The fraction of sp³-hybridized carbons (Fsp3) is 0.588. The van der Waals surface area contributed by atoms with E-state index >= 15 is 0 Å². The van der Waals surface area contributed by atoms with E-state index < -0.39 is 0 Å². The van der Waals surface area contributed by atoms with Crippen molar-refractivity contribution >= 4 is 28.9 Å². The summed E-state index contributed by atoms with van der Waals surface area (Å²) in [6.07, 6.45) is 0.515. The Bertz CT molecular complexity index is 564. The second-order valence-electron chi connectivity index (χ2n) is 6.28. The lowest BCUT2D eigenvalue weighted by Gasteiger charge is -2.34. The minimum absolute atomic E-state index is 0.0196. The molecule has 1 saturated heterocycles. The second-order valence-corrected chi connectivity index (χ2v) is 7.23. The predicted octanol–water partition coefficient (Wildman–Crippen LogP) is 1.38. The van der Waals surface area contributed by atoms with Crippen LogP contribution in [-0.2, 0) is 9.59 Å². The van der Waals surface area contributed by atoms with Gasteiger partial charge in [0.2, 0.25) is 11.8 Å². The summed E-state index contributed by atoms with van der Waals surface area (Å²) >= 11 is 1.41. The first-order valence-electron chi connectivity index (χ1n) is 8.32. The van der Waals surface area contributed by atoms with Gasteiger partial charge in [-0.1, -0.05) is 6.07 Å². The summed E-state index contributed by atoms with van der Waals surface area (Å²) in [5.74, 6) is 0.0693. The SMILES string of the molecule is CC(C)NC(=O)CN1CCN(C(=O)CCC(=O)c2cccs2)CC1. The lowest BCUT2D eigenvalue weighted by atomic mass is 10.1. The largest absolute Gasteiger partial charge is 0.353 e. The van der Waals surface area contributed by atoms with Crippen LogP contribution in [0.4, 0.5) is 0 Å². The molecule has 0 radical (unpaired) electrons. The molecule has 2 amide bonds. The fourth-order valence-corrected chi connectivity index (χ4v) is 3.36. The minimum atomic E-state index is 0.0196. The van der Waals surface area contributed by atoms with Gasteiger partial charge in [-0.3, -0.25) is 19.3 Å². The monoisotopic (exact) mass is 351 g/mol. The third-order valence-corrected chi connectivity index (χ3v) is 4.81. The molecule has 1 aromatic rings. The van der Waals surface area contributed by atoms with Crippen LogP contribution in [0.1, 0.15) is 36.4 Å². The third kappa shape index (κ3) is 5.72. The van der Waals surface area contributed by atoms with Gasteiger partial charge in [-0.25, -0.2) is 0 Å². The summed E-state index contributed by atoms with van der Waals surface area (Å²) in [6.45, 7) is 6.85. The molecule has 2 heterocycles. The van der Waals surface area contributed by atoms with Crippen molar-refractivity contribution in [2.24, 2.45) is 0 Å². The Morgan fingerprint density at radius 3 is 2.46 bits per heavy atom. The Hall–Kier alpha value is -1.73. The van der Waals surface area contributed by atoms with E-state index in [0.29, 0.717) is 37.6 Å². The second kappa shape index (κ2) is 8.94. The molecule has 0 spiro atoms. The van der Waals surface area contributed by atoms with Crippen LogP contribution in [0, 0.1) is 0 Å². The zero-order valence-corrected chi connectivity index (χ0v) is 15.1. The van der Waals surface area contributed by atoms with Gasteiger partial charge in [0, 0.05) is 45.1 Å². The molecule has 7 heteroatoms. The molecule has 0 saturated carbocycles. The molecule has 0 aromatic carbocycles.